The second-order valence-corrected chi connectivity index (χ2v) is 13.3. The van der Waals surface area contributed by atoms with Gasteiger partial charge >= 0.3 is 0 Å². The highest BCUT2D eigenvalue weighted by Gasteiger charge is 2.46. The van der Waals surface area contributed by atoms with Crippen LogP contribution in [0.25, 0.3) is 44.2 Å². The number of anilines is 3. The Morgan fingerprint density at radius 3 is 1.67 bits per heavy atom. The highest BCUT2D eigenvalue weighted by atomic mass is 16.3. The maximum atomic E-state index is 6.71. The fourth-order valence-corrected chi connectivity index (χ4v) is 8.33. The average Bonchev–Trinajstić information content (AvgIpc) is 3.72. The minimum atomic E-state index is -0.472. The summed E-state index contributed by atoms with van der Waals surface area (Å²) in [5, 5.41) is 2.19. The van der Waals surface area contributed by atoms with E-state index in [0.29, 0.717) is 0 Å². The van der Waals surface area contributed by atoms with Crippen LogP contribution >= 0.6 is 0 Å². The molecule has 51 heavy (non-hydrogen) atoms. The van der Waals surface area contributed by atoms with Crippen molar-refractivity contribution in [2.24, 2.45) is 0 Å². The normalized spacial score (nSPS) is 12.9. The second-order valence-electron chi connectivity index (χ2n) is 13.3. The van der Waals surface area contributed by atoms with E-state index < -0.39 is 5.41 Å². The number of benzene rings is 8. The van der Waals surface area contributed by atoms with E-state index >= 15 is 0 Å². The molecule has 0 atom stereocenters. The van der Waals surface area contributed by atoms with E-state index in [-0.39, 0.29) is 0 Å². The Morgan fingerprint density at radius 1 is 0.353 bits per heavy atom. The first-order valence-electron chi connectivity index (χ1n) is 17.5. The van der Waals surface area contributed by atoms with Gasteiger partial charge in [-0.15, -0.1) is 0 Å². The van der Waals surface area contributed by atoms with Crippen molar-refractivity contribution in [2.75, 3.05) is 4.90 Å². The van der Waals surface area contributed by atoms with Gasteiger partial charge in [0.2, 0.25) is 0 Å². The molecule has 8 aromatic carbocycles. The van der Waals surface area contributed by atoms with Gasteiger partial charge in [-0.3, -0.25) is 0 Å². The van der Waals surface area contributed by atoms with Gasteiger partial charge in [0, 0.05) is 27.8 Å². The highest BCUT2D eigenvalue weighted by molar-refractivity contribution is 6.07. The van der Waals surface area contributed by atoms with Gasteiger partial charge in [-0.25, -0.2) is 0 Å². The van der Waals surface area contributed by atoms with E-state index in [0.717, 1.165) is 39.0 Å². The second kappa shape index (κ2) is 11.8. The van der Waals surface area contributed by atoms with Gasteiger partial charge in [0.25, 0.3) is 0 Å². The van der Waals surface area contributed by atoms with E-state index in [9.17, 15) is 0 Å². The van der Waals surface area contributed by atoms with Crippen molar-refractivity contribution < 1.29 is 4.42 Å². The molecule has 0 aliphatic heterocycles. The van der Waals surface area contributed by atoms with Gasteiger partial charge < -0.3 is 9.32 Å². The molecule has 0 amide bonds. The molecule has 2 nitrogen and oxygen atoms in total. The summed E-state index contributed by atoms with van der Waals surface area (Å²) in [7, 11) is 0. The van der Waals surface area contributed by atoms with Gasteiger partial charge in [0.05, 0.1) is 5.41 Å². The van der Waals surface area contributed by atoms with Crippen LogP contribution in [-0.4, -0.2) is 0 Å². The predicted octanol–water partition coefficient (Wildman–Crippen LogP) is 13.1. The zero-order chi connectivity index (χ0) is 33.8. The lowest BCUT2D eigenvalue weighted by molar-refractivity contribution is 0.665. The smallest absolute Gasteiger partial charge is 0.135 e. The number of hydrogen-bond donors (Lipinski definition) is 0. The summed E-state index contributed by atoms with van der Waals surface area (Å²) < 4.78 is 6.71. The topological polar surface area (TPSA) is 16.4 Å². The van der Waals surface area contributed by atoms with Crippen molar-refractivity contribution in [3.8, 4) is 22.3 Å². The van der Waals surface area contributed by atoms with E-state index in [2.05, 4.69) is 205 Å². The fourth-order valence-electron chi connectivity index (χ4n) is 8.33. The summed E-state index contributed by atoms with van der Waals surface area (Å²) in [5.74, 6) is 0. The molecular weight excluding hydrogens is 619 g/mol. The average molecular weight is 652 g/mol. The van der Waals surface area contributed by atoms with E-state index in [1.165, 1.54) is 44.5 Å². The van der Waals surface area contributed by atoms with Crippen molar-refractivity contribution in [2.45, 2.75) is 5.41 Å². The third kappa shape index (κ3) is 4.57. The van der Waals surface area contributed by atoms with Crippen LogP contribution in [0.2, 0.25) is 0 Å². The van der Waals surface area contributed by atoms with Gasteiger partial charge in [-0.2, -0.15) is 0 Å². The number of para-hydroxylation sites is 1. The molecule has 9 aromatic rings. The molecule has 1 aliphatic carbocycles. The van der Waals surface area contributed by atoms with Crippen molar-refractivity contribution in [1.82, 2.24) is 0 Å². The van der Waals surface area contributed by atoms with E-state index in [4.69, 9.17) is 4.42 Å². The highest BCUT2D eigenvalue weighted by Crippen LogP contribution is 2.56. The third-order valence-corrected chi connectivity index (χ3v) is 10.5. The summed E-state index contributed by atoms with van der Waals surface area (Å²) in [6.07, 6.45) is 0. The molecule has 0 unspecified atom stereocenters. The number of hydrogen-bond acceptors (Lipinski definition) is 2. The molecule has 10 rings (SSSR count). The molecule has 1 aliphatic rings. The molecule has 0 bridgehead atoms. The third-order valence-electron chi connectivity index (χ3n) is 10.5. The molecule has 0 saturated carbocycles. The van der Waals surface area contributed by atoms with Crippen molar-refractivity contribution in [3.05, 3.63) is 222 Å². The molecule has 1 heterocycles. The largest absolute Gasteiger partial charge is 0.456 e. The van der Waals surface area contributed by atoms with Crippen LogP contribution in [0.15, 0.2) is 205 Å². The molecule has 2 heteroatoms. The Kier molecular flexibility index (Phi) is 6.75. The van der Waals surface area contributed by atoms with E-state index in [1.807, 2.05) is 0 Å². The SMILES string of the molecule is c1ccc(-c2cccc(N(c3ccccc3)c3ccc4oc5cc(C6(c7ccccc7)c7ccccc7-c7ccccc76)ccc5c4c3)c2)cc1. The minimum Gasteiger partial charge on any atom is -0.456 e. The summed E-state index contributed by atoms with van der Waals surface area (Å²) in [6, 6.07) is 72.0. The maximum Gasteiger partial charge on any atom is 0.135 e. The first-order valence-corrected chi connectivity index (χ1v) is 17.5. The van der Waals surface area contributed by atoms with Crippen molar-refractivity contribution in [3.63, 3.8) is 0 Å². The molecular formula is C49H33NO. The van der Waals surface area contributed by atoms with Crippen LogP contribution in [0.1, 0.15) is 22.3 Å². The Balaban J connectivity index is 1.15. The van der Waals surface area contributed by atoms with Gasteiger partial charge in [0.15, 0.2) is 0 Å². The van der Waals surface area contributed by atoms with E-state index in [1.54, 1.807) is 0 Å². The monoisotopic (exact) mass is 651 g/mol. The van der Waals surface area contributed by atoms with Crippen LogP contribution in [0.3, 0.4) is 0 Å². The lowest BCUT2D eigenvalue weighted by Gasteiger charge is -2.33. The quantitative estimate of drug-likeness (QED) is 0.178. The molecule has 240 valence electrons. The Hall–Kier alpha value is -6.64. The fraction of sp³-hybridized carbons (Fsp3) is 0.0204. The van der Waals surface area contributed by atoms with Crippen molar-refractivity contribution in [1.29, 1.82) is 0 Å². The first-order chi connectivity index (χ1) is 25.3. The summed E-state index contributed by atoms with van der Waals surface area (Å²) in [5.41, 5.74) is 14.5. The van der Waals surface area contributed by atoms with Crippen LogP contribution < -0.4 is 4.90 Å². The Bertz CT molecular complexity index is 2650. The summed E-state index contributed by atoms with van der Waals surface area (Å²) in [6.45, 7) is 0. The zero-order valence-electron chi connectivity index (χ0n) is 27.9. The number of nitrogens with zero attached hydrogens (tertiary/aromatic N) is 1. The molecule has 0 saturated heterocycles. The first kappa shape index (κ1) is 29.3. The van der Waals surface area contributed by atoms with Gasteiger partial charge in [-0.05, 0) is 93.0 Å². The van der Waals surface area contributed by atoms with Crippen LogP contribution in [0.5, 0.6) is 0 Å². The minimum absolute atomic E-state index is 0.472. The molecule has 0 N–H and O–H groups in total. The maximum absolute atomic E-state index is 6.71. The van der Waals surface area contributed by atoms with Crippen molar-refractivity contribution >= 4 is 39.0 Å². The standard InChI is InChI=1S/C49H33NO/c1-4-15-34(16-5-1)35-17-14-22-39(31-35)50(38-20-8-3-9-21-38)40-28-30-47-44(33-40)43-29-27-37(32-48(43)51-47)49(36-18-6-2-7-19-36)45-25-12-10-23-41(45)42-24-11-13-26-46(42)49/h1-33H. The molecule has 1 aromatic heterocycles. The number of fused-ring (bicyclic) bond motifs is 6. The van der Waals surface area contributed by atoms with Crippen LogP contribution in [-0.2, 0) is 5.41 Å². The van der Waals surface area contributed by atoms with Gasteiger partial charge in [-0.1, -0.05) is 152 Å². The molecule has 0 radical (unpaired) electrons. The summed E-state index contributed by atoms with van der Waals surface area (Å²) in [4.78, 5) is 2.33. The Labute approximate surface area is 297 Å². The van der Waals surface area contributed by atoms with Crippen LogP contribution in [0, 0.1) is 0 Å². The number of furan rings is 1. The lowest BCUT2D eigenvalue weighted by atomic mass is 9.67. The predicted molar refractivity (Wildman–Crippen MR) is 211 cm³/mol. The zero-order valence-corrected chi connectivity index (χ0v) is 27.9. The Morgan fingerprint density at radius 2 is 0.941 bits per heavy atom. The molecule has 0 fully saturated rings. The summed E-state index contributed by atoms with van der Waals surface area (Å²) >= 11 is 0. The van der Waals surface area contributed by atoms with Crippen LogP contribution in [0.4, 0.5) is 17.1 Å². The number of rotatable bonds is 6. The van der Waals surface area contributed by atoms with Gasteiger partial charge in [0.1, 0.15) is 11.2 Å². The molecule has 0 spiro atoms. The lowest BCUT2D eigenvalue weighted by Crippen LogP contribution is -2.28.